The lowest BCUT2D eigenvalue weighted by atomic mass is 10.1. The smallest absolute Gasteiger partial charge is 0.175 e. The molecule has 0 unspecified atom stereocenters. The van der Waals surface area contributed by atoms with Gasteiger partial charge in [-0.1, -0.05) is 26.1 Å². The number of aromatic amines is 1. The van der Waals surface area contributed by atoms with Crippen molar-refractivity contribution >= 4 is 28.1 Å². The molecule has 2 aromatic heterocycles. The molecular weight excluding hydrogens is 312 g/mol. The minimum atomic E-state index is 0.545. The third-order valence-electron chi connectivity index (χ3n) is 2.58. The zero-order valence-electron chi connectivity index (χ0n) is 10.6. The molecule has 0 saturated carbocycles. The molecule has 0 aliphatic heterocycles. The minimum absolute atomic E-state index is 0.545. The summed E-state index contributed by atoms with van der Waals surface area (Å²) in [7, 11) is 1.94. The van der Waals surface area contributed by atoms with Gasteiger partial charge in [0.15, 0.2) is 11.6 Å². The van der Waals surface area contributed by atoms with E-state index in [1.165, 1.54) is 0 Å². The van der Waals surface area contributed by atoms with Crippen LogP contribution in [0.25, 0.3) is 11.6 Å². The lowest BCUT2D eigenvalue weighted by molar-refractivity contribution is 0.631. The molecule has 4 nitrogen and oxygen atoms in total. The van der Waals surface area contributed by atoms with Crippen molar-refractivity contribution in [3.8, 4) is 11.6 Å². The van der Waals surface area contributed by atoms with Gasteiger partial charge in [0.05, 0.1) is 4.47 Å². The summed E-state index contributed by atoms with van der Waals surface area (Å²) >= 11 is 8.78. The molecule has 0 saturated heterocycles. The van der Waals surface area contributed by atoms with E-state index in [0.717, 1.165) is 22.4 Å². The van der Waals surface area contributed by atoms with Gasteiger partial charge in [0.25, 0.3) is 0 Å². The van der Waals surface area contributed by atoms with E-state index in [-0.39, 0.29) is 0 Å². The first-order chi connectivity index (χ1) is 8.49. The second kappa shape index (κ2) is 5.32. The fourth-order valence-corrected chi connectivity index (χ4v) is 2.32. The summed E-state index contributed by atoms with van der Waals surface area (Å²) in [5.41, 5.74) is 1.07. The number of imidazole rings is 1. The predicted octanol–water partition coefficient (Wildman–Crippen LogP) is 3.50. The Morgan fingerprint density at radius 3 is 2.78 bits per heavy atom. The number of nitrogens with zero attached hydrogens (tertiary/aromatic N) is 3. The zero-order chi connectivity index (χ0) is 13.3. The van der Waals surface area contributed by atoms with Crippen LogP contribution in [0.15, 0.2) is 16.9 Å². The summed E-state index contributed by atoms with van der Waals surface area (Å²) in [6.07, 6.45) is 4.56. The Morgan fingerprint density at radius 1 is 1.50 bits per heavy atom. The average molecular weight is 327 g/mol. The molecule has 0 amide bonds. The van der Waals surface area contributed by atoms with E-state index >= 15 is 0 Å². The van der Waals surface area contributed by atoms with Gasteiger partial charge >= 0.3 is 0 Å². The lowest BCUT2D eigenvalue weighted by Crippen LogP contribution is -2.04. The number of rotatable bonds is 3. The van der Waals surface area contributed by atoms with Crippen molar-refractivity contribution in [2.75, 3.05) is 0 Å². The summed E-state index contributed by atoms with van der Waals surface area (Å²) in [6.45, 7) is 4.34. The van der Waals surface area contributed by atoms with Gasteiger partial charge in [-0.3, -0.25) is 0 Å². The van der Waals surface area contributed by atoms with Gasteiger partial charge < -0.3 is 9.55 Å². The molecule has 0 aliphatic rings. The molecule has 6 heteroatoms. The maximum atomic E-state index is 5.28. The van der Waals surface area contributed by atoms with E-state index in [2.05, 4.69) is 44.7 Å². The largest absolute Gasteiger partial charge is 0.339 e. The third-order valence-corrected chi connectivity index (χ3v) is 3.99. The van der Waals surface area contributed by atoms with Crippen molar-refractivity contribution in [2.24, 2.45) is 13.0 Å². The SMILES string of the molecule is CC(C)Cc1[nH]c(-c2nccn2C)nc(=S)c1Br. The van der Waals surface area contributed by atoms with Crippen molar-refractivity contribution in [3.05, 3.63) is 27.2 Å². The average Bonchev–Trinajstić information content (AvgIpc) is 2.70. The summed E-state index contributed by atoms with van der Waals surface area (Å²) in [6, 6.07) is 0. The van der Waals surface area contributed by atoms with Crippen LogP contribution in [0.5, 0.6) is 0 Å². The van der Waals surface area contributed by atoms with E-state index in [1.54, 1.807) is 6.20 Å². The first-order valence-corrected chi connectivity index (χ1v) is 6.95. The molecule has 0 bridgehead atoms. The van der Waals surface area contributed by atoms with Crippen LogP contribution in [-0.2, 0) is 13.5 Å². The highest BCUT2D eigenvalue weighted by molar-refractivity contribution is 9.10. The molecule has 0 radical (unpaired) electrons. The lowest BCUT2D eigenvalue weighted by Gasteiger charge is -2.10. The van der Waals surface area contributed by atoms with Crippen molar-refractivity contribution in [1.82, 2.24) is 19.5 Å². The standard InChI is InChI=1S/C12H15BrN4S/c1-7(2)6-8-9(13)12(18)16-10(15-8)11-14-4-5-17(11)3/h4-5,7H,6H2,1-3H3,(H,15,16,18). The number of nitrogens with one attached hydrogen (secondary N) is 1. The van der Waals surface area contributed by atoms with E-state index in [0.29, 0.717) is 16.4 Å². The van der Waals surface area contributed by atoms with Crippen molar-refractivity contribution in [3.63, 3.8) is 0 Å². The van der Waals surface area contributed by atoms with Gasteiger partial charge in [0.1, 0.15) is 4.64 Å². The van der Waals surface area contributed by atoms with E-state index in [9.17, 15) is 0 Å². The molecule has 96 valence electrons. The molecular formula is C12H15BrN4S. The number of hydrogen-bond acceptors (Lipinski definition) is 3. The Balaban J connectivity index is 2.54. The number of H-pyrrole nitrogens is 1. The van der Waals surface area contributed by atoms with Crippen molar-refractivity contribution < 1.29 is 0 Å². The topological polar surface area (TPSA) is 46.5 Å². The summed E-state index contributed by atoms with van der Waals surface area (Å²) < 4.78 is 3.37. The third kappa shape index (κ3) is 2.70. The predicted molar refractivity (Wildman–Crippen MR) is 77.9 cm³/mol. The molecule has 2 heterocycles. The van der Waals surface area contributed by atoms with Gasteiger partial charge in [-0.05, 0) is 28.3 Å². The molecule has 0 spiro atoms. The Kier molecular flexibility index (Phi) is 3.97. The Bertz CT molecular complexity index is 615. The number of halogens is 1. The van der Waals surface area contributed by atoms with Gasteiger partial charge in [0, 0.05) is 25.1 Å². The van der Waals surface area contributed by atoms with Gasteiger partial charge in [-0.15, -0.1) is 0 Å². The van der Waals surface area contributed by atoms with E-state index in [1.807, 2.05) is 17.8 Å². The second-order valence-corrected chi connectivity index (χ2v) is 5.82. The number of aryl methyl sites for hydroxylation is 1. The first kappa shape index (κ1) is 13.4. The van der Waals surface area contributed by atoms with Crippen molar-refractivity contribution in [2.45, 2.75) is 20.3 Å². The summed E-state index contributed by atoms with van der Waals surface area (Å²) in [5, 5.41) is 0. The molecule has 1 N–H and O–H groups in total. The van der Waals surface area contributed by atoms with Crippen molar-refractivity contribution in [1.29, 1.82) is 0 Å². The van der Waals surface area contributed by atoms with Crippen LogP contribution >= 0.6 is 28.1 Å². The second-order valence-electron chi connectivity index (χ2n) is 4.64. The zero-order valence-corrected chi connectivity index (χ0v) is 13.0. The van der Waals surface area contributed by atoms with Crippen LogP contribution in [0.3, 0.4) is 0 Å². The Morgan fingerprint density at radius 2 is 2.22 bits per heavy atom. The van der Waals surface area contributed by atoms with Crippen LogP contribution in [0.1, 0.15) is 19.5 Å². The first-order valence-electron chi connectivity index (χ1n) is 5.75. The monoisotopic (exact) mass is 326 g/mol. The quantitative estimate of drug-likeness (QED) is 0.878. The van der Waals surface area contributed by atoms with Crippen LogP contribution in [-0.4, -0.2) is 19.5 Å². The maximum absolute atomic E-state index is 5.28. The van der Waals surface area contributed by atoms with Gasteiger partial charge in [0.2, 0.25) is 0 Å². The highest BCUT2D eigenvalue weighted by Gasteiger charge is 2.11. The number of hydrogen-bond donors (Lipinski definition) is 1. The molecule has 2 rings (SSSR count). The van der Waals surface area contributed by atoms with Gasteiger partial charge in [-0.25, -0.2) is 9.97 Å². The molecule has 2 aromatic rings. The highest BCUT2D eigenvalue weighted by atomic mass is 79.9. The van der Waals surface area contributed by atoms with E-state index < -0.39 is 0 Å². The van der Waals surface area contributed by atoms with Crippen LogP contribution in [0, 0.1) is 10.6 Å². The van der Waals surface area contributed by atoms with Crippen LogP contribution in [0.4, 0.5) is 0 Å². The summed E-state index contributed by atoms with van der Waals surface area (Å²) in [4.78, 5) is 12.0. The fourth-order valence-electron chi connectivity index (χ4n) is 1.75. The van der Waals surface area contributed by atoms with Crippen LogP contribution < -0.4 is 0 Å². The maximum Gasteiger partial charge on any atom is 0.175 e. The summed E-state index contributed by atoms with van der Waals surface area (Å²) in [5.74, 6) is 2.05. The fraction of sp³-hybridized carbons (Fsp3) is 0.417. The minimum Gasteiger partial charge on any atom is -0.339 e. The highest BCUT2D eigenvalue weighted by Crippen LogP contribution is 2.22. The Hall–Kier alpha value is -1.01. The molecule has 0 fully saturated rings. The molecule has 18 heavy (non-hydrogen) atoms. The molecule has 0 aromatic carbocycles. The normalized spacial score (nSPS) is 11.2. The molecule has 0 aliphatic carbocycles. The van der Waals surface area contributed by atoms with Crippen LogP contribution in [0.2, 0.25) is 0 Å². The molecule has 0 atom stereocenters. The van der Waals surface area contributed by atoms with Gasteiger partial charge in [-0.2, -0.15) is 0 Å². The number of aromatic nitrogens is 4. The Labute approximate surface area is 120 Å². The van der Waals surface area contributed by atoms with E-state index in [4.69, 9.17) is 12.2 Å².